The Labute approximate surface area is 115 Å². The zero-order chi connectivity index (χ0) is 14.0. The van der Waals surface area contributed by atoms with E-state index in [-0.39, 0.29) is 23.3 Å². The number of nitrogens with one attached hydrogen (secondary N) is 1. The van der Waals surface area contributed by atoms with Gasteiger partial charge in [0.15, 0.2) is 0 Å². The lowest BCUT2D eigenvalue weighted by molar-refractivity contribution is -0.135. The molecule has 1 saturated carbocycles. The SMILES string of the molecule is CC(C)(C)C(=O)NC1CCN(C(=O)C2CCCC2)C1. The van der Waals surface area contributed by atoms with Crippen LogP contribution in [0.25, 0.3) is 0 Å². The van der Waals surface area contributed by atoms with Crippen LogP contribution in [0.4, 0.5) is 0 Å². The van der Waals surface area contributed by atoms with Crippen molar-refractivity contribution in [1.82, 2.24) is 10.2 Å². The maximum absolute atomic E-state index is 12.3. The standard InChI is InChI=1S/C15H26N2O2/c1-15(2,3)14(19)16-12-8-9-17(10-12)13(18)11-6-4-5-7-11/h11-12H,4-10H2,1-3H3,(H,16,19). The highest BCUT2D eigenvalue weighted by atomic mass is 16.2. The Bertz CT molecular complexity index is 354. The normalized spacial score (nSPS) is 24.8. The van der Waals surface area contributed by atoms with Gasteiger partial charge in [-0.25, -0.2) is 0 Å². The number of amides is 2. The third kappa shape index (κ3) is 3.48. The maximum atomic E-state index is 12.3. The highest BCUT2D eigenvalue weighted by Gasteiger charge is 2.34. The molecule has 108 valence electrons. The van der Waals surface area contributed by atoms with Crippen LogP contribution in [0, 0.1) is 11.3 Å². The summed E-state index contributed by atoms with van der Waals surface area (Å²) in [5, 5.41) is 3.06. The van der Waals surface area contributed by atoms with E-state index in [4.69, 9.17) is 0 Å². The van der Waals surface area contributed by atoms with E-state index in [1.807, 2.05) is 25.7 Å². The summed E-state index contributed by atoms with van der Waals surface area (Å²) in [4.78, 5) is 26.2. The minimum absolute atomic E-state index is 0.0765. The van der Waals surface area contributed by atoms with Gasteiger partial charge in [-0.3, -0.25) is 9.59 Å². The molecular weight excluding hydrogens is 240 g/mol. The lowest BCUT2D eigenvalue weighted by Gasteiger charge is -2.23. The molecule has 1 N–H and O–H groups in total. The van der Waals surface area contributed by atoms with Crippen LogP contribution in [0.5, 0.6) is 0 Å². The lowest BCUT2D eigenvalue weighted by Crippen LogP contribution is -2.44. The fourth-order valence-electron chi connectivity index (χ4n) is 2.91. The van der Waals surface area contributed by atoms with Crippen LogP contribution in [-0.2, 0) is 9.59 Å². The molecule has 4 nitrogen and oxygen atoms in total. The molecule has 0 bridgehead atoms. The van der Waals surface area contributed by atoms with Crippen molar-refractivity contribution in [2.45, 2.75) is 58.9 Å². The molecular formula is C15H26N2O2. The minimum atomic E-state index is -0.358. The van der Waals surface area contributed by atoms with Gasteiger partial charge >= 0.3 is 0 Å². The molecule has 1 atom stereocenters. The summed E-state index contributed by atoms with van der Waals surface area (Å²) in [6, 6.07) is 0.136. The molecule has 2 rings (SSSR count). The zero-order valence-electron chi connectivity index (χ0n) is 12.4. The van der Waals surface area contributed by atoms with Crippen LogP contribution < -0.4 is 5.32 Å². The van der Waals surface area contributed by atoms with E-state index in [2.05, 4.69) is 5.32 Å². The van der Waals surface area contributed by atoms with Crippen molar-refractivity contribution in [1.29, 1.82) is 0 Å². The minimum Gasteiger partial charge on any atom is -0.351 e. The van der Waals surface area contributed by atoms with Gasteiger partial charge in [0.1, 0.15) is 0 Å². The summed E-state index contributed by atoms with van der Waals surface area (Å²) < 4.78 is 0. The number of carbonyl (C=O) groups is 2. The van der Waals surface area contributed by atoms with E-state index in [1.165, 1.54) is 12.8 Å². The number of hydrogen-bond acceptors (Lipinski definition) is 2. The molecule has 1 unspecified atom stereocenters. The summed E-state index contributed by atoms with van der Waals surface area (Å²) in [5.41, 5.74) is -0.358. The molecule has 1 aliphatic heterocycles. The number of hydrogen-bond donors (Lipinski definition) is 1. The van der Waals surface area contributed by atoms with Gasteiger partial charge in [-0.15, -0.1) is 0 Å². The van der Waals surface area contributed by atoms with E-state index in [0.29, 0.717) is 12.5 Å². The fourth-order valence-corrected chi connectivity index (χ4v) is 2.91. The van der Waals surface area contributed by atoms with Crippen molar-refractivity contribution in [2.75, 3.05) is 13.1 Å². The molecule has 1 heterocycles. The van der Waals surface area contributed by atoms with Crippen molar-refractivity contribution < 1.29 is 9.59 Å². The largest absolute Gasteiger partial charge is 0.351 e. The molecule has 4 heteroatoms. The first-order valence-corrected chi connectivity index (χ1v) is 7.47. The van der Waals surface area contributed by atoms with Crippen LogP contribution in [0.3, 0.4) is 0 Å². The highest BCUT2D eigenvalue weighted by molar-refractivity contribution is 5.82. The van der Waals surface area contributed by atoms with Crippen molar-refractivity contribution >= 4 is 11.8 Å². The van der Waals surface area contributed by atoms with Gasteiger partial charge in [-0.2, -0.15) is 0 Å². The Morgan fingerprint density at radius 2 is 1.74 bits per heavy atom. The van der Waals surface area contributed by atoms with Gasteiger partial charge in [0, 0.05) is 30.5 Å². The van der Waals surface area contributed by atoms with Gasteiger partial charge in [0.05, 0.1) is 0 Å². The Kier molecular flexibility index (Phi) is 4.16. The quantitative estimate of drug-likeness (QED) is 0.830. The molecule has 2 aliphatic rings. The summed E-state index contributed by atoms with van der Waals surface area (Å²) >= 11 is 0. The van der Waals surface area contributed by atoms with Crippen LogP contribution in [0.2, 0.25) is 0 Å². The predicted molar refractivity (Wildman–Crippen MR) is 74.5 cm³/mol. The first kappa shape index (κ1) is 14.4. The van der Waals surface area contributed by atoms with Gasteiger partial charge < -0.3 is 10.2 Å². The number of carbonyl (C=O) groups excluding carboxylic acids is 2. The molecule has 1 aliphatic carbocycles. The molecule has 0 spiro atoms. The van der Waals surface area contributed by atoms with Gasteiger partial charge in [0.2, 0.25) is 11.8 Å². The van der Waals surface area contributed by atoms with Crippen LogP contribution >= 0.6 is 0 Å². The number of rotatable bonds is 2. The van der Waals surface area contributed by atoms with Crippen molar-refractivity contribution in [2.24, 2.45) is 11.3 Å². The Balaban J connectivity index is 1.83. The smallest absolute Gasteiger partial charge is 0.225 e. The number of likely N-dealkylation sites (tertiary alicyclic amines) is 1. The first-order chi connectivity index (χ1) is 8.88. The van der Waals surface area contributed by atoms with E-state index < -0.39 is 0 Å². The second kappa shape index (κ2) is 5.51. The fraction of sp³-hybridized carbons (Fsp3) is 0.867. The van der Waals surface area contributed by atoms with Gasteiger partial charge in [0.25, 0.3) is 0 Å². The third-order valence-electron chi connectivity index (χ3n) is 4.22. The highest BCUT2D eigenvalue weighted by Crippen LogP contribution is 2.28. The Hall–Kier alpha value is -1.06. The summed E-state index contributed by atoms with van der Waals surface area (Å²) in [6.07, 6.45) is 5.37. The number of nitrogens with zero attached hydrogens (tertiary/aromatic N) is 1. The van der Waals surface area contributed by atoms with Crippen molar-refractivity contribution in [3.05, 3.63) is 0 Å². The van der Waals surface area contributed by atoms with E-state index in [1.54, 1.807) is 0 Å². The topological polar surface area (TPSA) is 49.4 Å². The second-order valence-electron chi connectivity index (χ2n) is 6.97. The molecule has 1 saturated heterocycles. The van der Waals surface area contributed by atoms with Gasteiger partial charge in [-0.1, -0.05) is 33.6 Å². The first-order valence-electron chi connectivity index (χ1n) is 7.47. The predicted octanol–water partition coefficient (Wildman–Crippen LogP) is 1.94. The summed E-state index contributed by atoms with van der Waals surface area (Å²) in [7, 11) is 0. The maximum Gasteiger partial charge on any atom is 0.225 e. The zero-order valence-corrected chi connectivity index (χ0v) is 12.4. The van der Waals surface area contributed by atoms with Crippen molar-refractivity contribution in [3.8, 4) is 0 Å². The molecule has 0 aromatic heterocycles. The molecule has 2 amide bonds. The molecule has 0 aromatic carbocycles. The second-order valence-corrected chi connectivity index (χ2v) is 6.97. The Morgan fingerprint density at radius 3 is 2.32 bits per heavy atom. The molecule has 0 aromatic rings. The van der Waals surface area contributed by atoms with E-state index in [0.717, 1.165) is 25.8 Å². The lowest BCUT2D eigenvalue weighted by atomic mass is 9.95. The van der Waals surface area contributed by atoms with Gasteiger partial charge in [-0.05, 0) is 19.3 Å². The Morgan fingerprint density at radius 1 is 1.11 bits per heavy atom. The molecule has 19 heavy (non-hydrogen) atoms. The molecule has 2 fully saturated rings. The monoisotopic (exact) mass is 266 g/mol. The van der Waals surface area contributed by atoms with E-state index >= 15 is 0 Å². The van der Waals surface area contributed by atoms with Crippen LogP contribution in [0.1, 0.15) is 52.9 Å². The van der Waals surface area contributed by atoms with Crippen LogP contribution in [0.15, 0.2) is 0 Å². The van der Waals surface area contributed by atoms with Crippen molar-refractivity contribution in [3.63, 3.8) is 0 Å². The van der Waals surface area contributed by atoms with E-state index in [9.17, 15) is 9.59 Å². The van der Waals surface area contributed by atoms with Crippen LogP contribution in [-0.4, -0.2) is 35.8 Å². The third-order valence-corrected chi connectivity index (χ3v) is 4.22. The average molecular weight is 266 g/mol. The molecule has 0 radical (unpaired) electrons. The summed E-state index contributed by atoms with van der Waals surface area (Å²) in [5.74, 6) is 0.634. The summed E-state index contributed by atoms with van der Waals surface area (Å²) in [6.45, 7) is 7.23. The average Bonchev–Trinajstić information content (AvgIpc) is 2.97.